The van der Waals surface area contributed by atoms with Crippen LogP contribution in [0.3, 0.4) is 0 Å². The van der Waals surface area contributed by atoms with E-state index in [-0.39, 0.29) is 11.2 Å². The molecule has 1 aromatic rings. The number of hydrogen-bond acceptors (Lipinski definition) is 4. The van der Waals surface area contributed by atoms with Gasteiger partial charge in [-0.1, -0.05) is 25.1 Å². The number of hydrogen-bond donors (Lipinski definition) is 0. The summed E-state index contributed by atoms with van der Waals surface area (Å²) in [5.41, 5.74) is 0.186. The van der Waals surface area contributed by atoms with Gasteiger partial charge < -0.3 is 9.64 Å². The highest BCUT2D eigenvalue weighted by atomic mass is 32.2. The van der Waals surface area contributed by atoms with E-state index >= 15 is 0 Å². The summed E-state index contributed by atoms with van der Waals surface area (Å²) in [6.07, 6.45) is 0. The van der Waals surface area contributed by atoms with E-state index in [2.05, 4.69) is 11.8 Å². The van der Waals surface area contributed by atoms with Gasteiger partial charge in [0, 0.05) is 18.5 Å². The third kappa shape index (κ3) is 3.78. The number of benzene rings is 1. The molecule has 0 amide bonds. The maximum atomic E-state index is 12.1. The fourth-order valence-corrected chi connectivity index (χ4v) is 3.65. The molecule has 1 heterocycles. The average molecular weight is 283 g/mol. The van der Waals surface area contributed by atoms with Crippen molar-refractivity contribution in [1.82, 2.24) is 4.90 Å². The molecule has 0 bridgehead atoms. The van der Waals surface area contributed by atoms with Crippen LogP contribution < -0.4 is 0 Å². The van der Waals surface area contributed by atoms with Gasteiger partial charge in [-0.15, -0.1) is 0 Å². The first-order valence-corrected chi connectivity index (χ1v) is 8.11. The van der Waals surface area contributed by atoms with E-state index in [1.54, 1.807) is 24.3 Å². The minimum Gasteiger partial charge on any atom is -0.380 e. The van der Waals surface area contributed by atoms with E-state index < -0.39 is 9.84 Å². The standard InChI is InChI=1S/C14H21NO3S/c1-14(11-18-12-14)10-15(2)8-9-19(16,17)13-6-4-3-5-7-13/h3-7H,8-12H2,1-2H3. The Hall–Kier alpha value is -0.910. The molecule has 19 heavy (non-hydrogen) atoms. The van der Waals surface area contributed by atoms with E-state index in [9.17, 15) is 8.42 Å². The van der Waals surface area contributed by atoms with E-state index in [0.717, 1.165) is 19.8 Å². The smallest absolute Gasteiger partial charge is 0.179 e. The Bertz CT molecular complexity index is 509. The van der Waals surface area contributed by atoms with E-state index in [0.29, 0.717) is 11.4 Å². The molecule has 1 aromatic carbocycles. The largest absolute Gasteiger partial charge is 0.380 e. The predicted molar refractivity (Wildman–Crippen MR) is 74.9 cm³/mol. The first-order chi connectivity index (χ1) is 8.91. The van der Waals surface area contributed by atoms with Crippen molar-refractivity contribution in [3.8, 4) is 0 Å². The van der Waals surface area contributed by atoms with Crippen LogP contribution in [0, 0.1) is 5.41 Å². The van der Waals surface area contributed by atoms with E-state index in [4.69, 9.17) is 4.74 Å². The second kappa shape index (κ2) is 5.61. The number of sulfone groups is 1. The van der Waals surface area contributed by atoms with E-state index in [1.807, 2.05) is 13.1 Å². The zero-order valence-electron chi connectivity index (χ0n) is 11.5. The van der Waals surface area contributed by atoms with Crippen LogP contribution in [0.4, 0.5) is 0 Å². The zero-order chi connectivity index (χ0) is 13.9. The minimum atomic E-state index is -3.17. The van der Waals surface area contributed by atoms with Gasteiger partial charge in [-0.3, -0.25) is 0 Å². The predicted octanol–water partition coefficient (Wildman–Crippen LogP) is 1.43. The van der Waals surface area contributed by atoms with Crippen molar-refractivity contribution >= 4 is 9.84 Å². The molecule has 0 radical (unpaired) electrons. The molecule has 0 atom stereocenters. The highest BCUT2D eigenvalue weighted by Gasteiger charge is 2.34. The summed E-state index contributed by atoms with van der Waals surface area (Å²) < 4.78 is 29.5. The third-order valence-electron chi connectivity index (χ3n) is 3.40. The van der Waals surface area contributed by atoms with Crippen LogP contribution in [0.5, 0.6) is 0 Å². The first-order valence-electron chi connectivity index (χ1n) is 6.45. The van der Waals surface area contributed by atoms with Crippen molar-refractivity contribution in [3.63, 3.8) is 0 Å². The van der Waals surface area contributed by atoms with Gasteiger partial charge in [0.2, 0.25) is 0 Å². The van der Waals surface area contributed by atoms with Crippen LogP contribution in [-0.4, -0.2) is 52.4 Å². The van der Waals surface area contributed by atoms with Gasteiger partial charge in [-0.25, -0.2) is 8.42 Å². The Labute approximate surface area is 115 Å². The molecule has 1 saturated heterocycles. The second-order valence-corrected chi connectivity index (χ2v) is 7.78. The summed E-state index contributed by atoms with van der Waals surface area (Å²) in [6, 6.07) is 8.63. The van der Waals surface area contributed by atoms with Gasteiger partial charge in [0.25, 0.3) is 0 Å². The lowest BCUT2D eigenvalue weighted by Gasteiger charge is -2.40. The van der Waals surface area contributed by atoms with Gasteiger partial charge in [0.05, 0.1) is 23.9 Å². The van der Waals surface area contributed by atoms with Gasteiger partial charge in [0.15, 0.2) is 9.84 Å². The summed E-state index contributed by atoms with van der Waals surface area (Å²) in [7, 11) is -1.21. The number of nitrogens with zero attached hydrogens (tertiary/aromatic N) is 1. The summed E-state index contributed by atoms with van der Waals surface area (Å²) in [5.74, 6) is 0.157. The Morgan fingerprint density at radius 3 is 2.42 bits per heavy atom. The van der Waals surface area contributed by atoms with Crippen LogP contribution >= 0.6 is 0 Å². The average Bonchev–Trinajstić information content (AvgIpc) is 2.36. The quantitative estimate of drug-likeness (QED) is 0.792. The van der Waals surface area contributed by atoms with Gasteiger partial charge >= 0.3 is 0 Å². The Morgan fingerprint density at radius 2 is 1.89 bits per heavy atom. The molecule has 0 spiro atoms. The molecule has 1 aliphatic rings. The zero-order valence-corrected chi connectivity index (χ0v) is 12.3. The minimum absolute atomic E-state index is 0.157. The monoisotopic (exact) mass is 283 g/mol. The molecule has 1 aliphatic heterocycles. The third-order valence-corrected chi connectivity index (χ3v) is 5.11. The molecular formula is C14H21NO3S. The molecule has 2 rings (SSSR count). The van der Waals surface area contributed by atoms with Gasteiger partial charge in [-0.2, -0.15) is 0 Å². The topological polar surface area (TPSA) is 46.6 Å². The molecule has 106 valence electrons. The molecule has 0 unspecified atom stereocenters. The van der Waals surface area contributed by atoms with Crippen LogP contribution in [-0.2, 0) is 14.6 Å². The highest BCUT2D eigenvalue weighted by molar-refractivity contribution is 7.91. The molecule has 0 N–H and O–H groups in total. The lowest BCUT2D eigenvalue weighted by molar-refractivity contribution is -0.112. The van der Waals surface area contributed by atoms with Crippen molar-refractivity contribution in [3.05, 3.63) is 30.3 Å². The van der Waals surface area contributed by atoms with Crippen molar-refractivity contribution in [2.45, 2.75) is 11.8 Å². The van der Waals surface area contributed by atoms with E-state index in [1.165, 1.54) is 0 Å². The normalized spacial score (nSPS) is 18.3. The van der Waals surface area contributed by atoms with Crippen LogP contribution in [0.1, 0.15) is 6.92 Å². The van der Waals surface area contributed by atoms with Crippen LogP contribution in [0.25, 0.3) is 0 Å². The van der Waals surface area contributed by atoms with Crippen LogP contribution in [0.15, 0.2) is 35.2 Å². The maximum absolute atomic E-state index is 12.1. The molecule has 0 aromatic heterocycles. The fourth-order valence-electron chi connectivity index (χ4n) is 2.29. The Kier molecular flexibility index (Phi) is 4.28. The number of rotatable bonds is 6. The maximum Gasteiger partial charge on any atom is 0.179 e. The van der Waals surface area contributed by atoms with Gasteiger partial charge in [-0.05, 0) is 19.2 Å². The summed E-state index contributed by atoms with van der Waals surface area (Å²) in [6.45, 7) is 5.12. The van der Waals surface area contributed by atoms with Crippen molar-refractivity contribution in [1.29, 1.82) is 0 Å². The van der Waals surface area contributed by atoms with Crippen molar-refractivity contribution in [2.24, 2.45) is 5.41 Å². The molecule has 4 nitrogen and oxygen atoms in total. The highest BCUT2D eigenvalue weighted by Crippen LogP contribution is 2.27. The van der Waals surface area contributed by atoms with Crippen molar-refractivity contribution < 1.29 is 13.2 Å². The first kappa shape index (κ1) is 14.5. The molecule has 0 aliphatic carbocycles. The van der Waals surface area contributed by atoms with Crippen LogP contribution in [0.2, 0.25) is 0 Å². The molecule has 1 fully saturated rings. The SMILES string of the molecule is CN(CCS(=O)(=O)c1ccccc1)CC1(C)COC1. The lowest BCUT2D eigenvalue weighted by Crippen LogP contribution is -2.48. The van der Waals surface area contributed by atoms with Gasteiger partial charge in [0.1, 0.15) is 0 Å². The summed E-state index contributed by atoms with van der Waals surface area (Å²) in [4.78, 5) is 2.48. The van der Waals surface area contributed by atoms with Crippen molar-refractivity contribution in [2.75, 3.05) is 39.1 Å². The molecule has 5 heteroatoms. The number of ether oxygens (including phenoxy) is 1. The molecular weight excluding hydrogens is 262 g/mol. The summed E-state index contributed by atoms with van der Waals surface area (Å²) >= 11 is 0. The Balaban J connectivity index is 1.88. The fraction of sp³-hybridized carbons (Fsp3) is 0.571. The molecule has 0 saturated carbocycles. The summed E-state index contributed by atoms with van der Waals surface area (Å²) in [5, 5.41) is 0. The Morgan fingerprint density at radius 1 is 1.26 bits per heavy atom. The lowest BCUT2D eigenvalue weighted by atomic mass is 9.88. The second-order valence-electron chi connectivity index (χ2n) is 5.67.